The van der Waals surface area contributed by atoms with Crippen molar-refractivity contribution in [2.75, 3.05) is 18.0 Å². The number of hydrogen-bond donors (Lipinski definition) is 1. The number of H-pyrrole nitrogens is 1. The average Bonchev–Trinajstić information content (AvgIpc) is 3.23. The van der Waals surface area contributed by atoms with Crippen molar-refractivity contribution in [3.63, 3.8) is 0 Å². The first-order chi connectivity index (χ1) is 12.5. The molecule has 0 spiro atoms. The standard InChI is InChI=1S/C18H23N6O2/c1-20-11-12-22(15-20)13-14-23(9-7-18-19-8-10-21(18)2)16-3-5-17(6-4-16)24(25)26/h3-6,8,10-12,15H,7,9,13-14H2,1-2H3/q+1/p+1. The third-order valence-corrected chi connectivity index (χ3v) is 4.47. The van der Waals surface area contributed by atoms with E-state index in [1.807, 2.05) is 61.9 Å². The average molecular weight is 356 g/mol. The van der Waals surface area contributed by atoms with E-state index in [9.17, 15) is 10.1 Å². The highest BCUT2D eigenvalue weighted by atomic mass is 16.6. The first-order valence-corrected chi connectivity index (χ1v) is 8.55. The molecule has 2 aromatic heterocycles. The van der Waals surface area contributed by atoms with E-state index in [1.165, 1.54) is 0 Å². The summed E-state index contributed by atoms with van der Waals surface area (Å²) in [6.07, 6.45) is 10.9. The number of nitrogens with zero attached hydrogens (tertiary/aromatic N) is 5. The normalized spacial score (nSPS) is 10.8. The lowest BCUT2D eigenvalue weighted by atomic mass is 10.2. The zero-order valence-electron chi connectivity index (χ0n) is 15.1. The fraction of sp³-hybridized carbons (Fsp3) is 0.333. The number of aromatic nitrogens is 4. The summed E-state index contributed by atoms with van der Waals surface area (Å²) < 4.78 is 6.21. The van der Waals surface area contributed by atoms with Crippen LogP contribution in [-0.4, -0.2) is 27.6 Å². The van der Waals surface area contributed by atoms with Gasteiger partial charge in [-0.15, -0.1) is 0 Å². The molecule has 0 saturated heterocycles. The highest BCUT2D eigenvalue weighted by Gasteiger charge is 2.14. The number of hydrogen-bond acceptors (Lipinski definition) is 3. The molecule has 0 atom stereocenters. The Morgan fingerprint density at radius 3 is 2.54 bits per heavy atom. The van der Waals surface area contributed by atoms with E-state index in [2.05, 4.69) is 19.0 Å². The van der Waals surface area contributed by atoms with Gasteiger partial charge >= 0.3 is 0 Å². The summed E-state index contributed by atoms with van der Waals surface area (Å²) in [5.41, 5.74) is 1.10. The molecular weight excluding hydrogens is 332 g/mol. The number of aryl methyl sites for hydroxylation is 2. The topological polar surface area (TPSA) is 74.9 Å². The van der Waals surface area contributed by atoms with Crippen LogP contribution in [0.4, 0.5) is 11.4 Å². The summed E-state index contributed by atoms with van der Waals surface area (Å²) in [5, 5.41) is 10.9. The Labute approximate surface area is 152 Å². The van der Waals surface area contributed by atoms with Crippen LogP contribution in [0.15, 0.2) is 55.4 Å². The van der Waals surface area contributed by atoms with Crippen LogP contribution < -0.4 is 14.0 Å². The Hall–Kier alpha value is -3.16. The molecule has 0 bridgehead atoms. The number of aromatic amines is 1. The van der Waals surface area contributed by atoms with Gasteiger partial charge in [-0.1, -0.05) is 0 Å². The molecule has 3 rings (SSSR count). The molecule has 2 heterocycles. The molecule has 8 heteroatoms. The molecule has 0 aliphatic heterocycles. The fourth-order valence-corrected chi connectivity index (χ4v) is 2.95. The maximum Gasteiger partial charge on any atom is 0.269 e. The Morgan fingerprint density at radius 2 is 1.96 bits per heavy atom. The predicted octanol–water partition coefficient (Wildman–Crippen LogP) is 1.12. The maximum atomic E-state index is 10.9. The second-order valence-corrected chi connectivity index (χ2v) is 6.35. The Balaban J connectivity index is 1.73. The van der Waals surface area contributed by atoms with E-state index in [0.29, 0.717) is 0 Å². The van der Waals surface area contributed by atoms with Gasteiger partial charge in [0.05, 0.1) is 32.0 Å². The molecular formula is C18H24N6O2+2. The van der Waals surface area contributed by atoms with E-state index in [1.54, 1.807) is 12.1 Å². The number of nitrogens with one attached hydrogen (secondary N) is 1. The van der Waals surface area contributed by atoms with Gasteiger partial charge in [0.25, 0.3) is 11.5 Å². The van der Waals surface area contributed by atoms with Gasteiger partial charge in [0.1, 0.15) is 31.3 Å². The van der Waals surface area contributed by atoms with E-state index >= 15 is 0 Å². The monoisotopic (exact) mass is 356 g/mol. The smallest absolute Gasteiger partial charge is 0.269 e. The minimum atomic E-state index is -0.368. The third-order valence-electron chi connectivity index (χ3n) is 4.47. The largest absolute Gasteiger partial charge is 0.367 e. The van der Waals surface area contributed by atoms with E-state index < -0.39 is 0 Å². The molecule has 8 nitrogen and oxygen atoms in total. The van der Waals surface area contributed by atoms with Crippen LogP contribution in [0, 0.1) is 10.1 Å². The highest BCUT2D eigenvalue weighted by Crippen LogP contribution is 2.19. The highest BCUT2D eigenvalue weighted by molar-refractivity contribution is 5.50. The second kappa shape index (κ2) is 7.81. The van der Waals surface area contributed by atoms with Crippen molar-refractivity contribution in [2.45, 2.75) is 13.0 Å². The van der Waals surface area contributed by atoms with Crippen molar-refractivity contribution in [3.8, 4) is 0 Å². The summed E-state index contributed by atoms with van der Waals surface area (Å²) in [7, 11) is 4.01. The van der Waals surface area contributed by atoms with Gasteiger partial charge < -0.3 is 4.90 Å². The minimum absolute atomic E-state index is 0.113. The number of nitro groups is 1. The summed E-state index contributed by atoms with van der Waals surface area (Å²) in [5.74, 6) is 1.14. The molecule has 0 fully saturated rings. The molecule has 0 aliphatic carbocycles. The molecule has 136 valence electrons. The number of rotatable bonds is 8. The van der Waals surface area contributed by atoms with Crippen LogP contribution in [-0.2, 0) is 27.1 Å². The third kappa shape index (κ3) is 4.27. The van der Waals surface area contributed by atoms with Crippen molar-refractivity contribution >= 4 is 11.4 Å². The quantitative estimate of drug-likeness (QED) is 0.373. The molecule has 26 heavy (non-hydrogen) atoms. The fourth-order valence-electron chi connectivity index (χ4n) is 2.95. The number of imidazole rings is 2. The lowest BCUT2D eigenvalue weighted by Crippen LogP contribution is -2.35. The Bertz CT molecular complexity index is 868. The van der Waals surface area contributed by atoms with E-state index in [4.69, 9.17) is 0 Å². The van der Waals surface area contributed by atoms with Crippen molar-refractivity contribution in [1.82, 2.24) is 9.55 Å². The van der Waals surface area contributed by atoms with Gasteiger partial charge in [0.2, 0.25) is 6.33 Å². The lowest BCUT2D eigenvalue weighted by Gasteiger charge is -2.23. The Morgan fingerprint density at radius 1 is 1.19 bits per heavy atom. The maximum absolute atomic E-state index is 10.9. The summed E-state index contributed by atoms with van der Waals surface area (Å²) >= 11 is 0. The first kappa shape index (κ1) is 17.7. The zero-order valence-corrected chi connectivity index (χ0v) is 15.1. The van der Waals surface area contributed by atoms with Gasteiger partial charge in [-0.25, -0.2) is 18.7 Å². The molecule has 0 aliphatic rings. The SMILES string of the molecule is C[n+]1ccn(CCN(CCc2[nH]cc[n+]2C)c2ccc([N+](=O)[O-])cc2)c1. The summed E-state index contributed by atoms with van der Waals surface area (Å²) in [6, 6.07) is 6.77. The number of benzene rings is 1. The molecule has 1 aromatic carbocycles. The van der Waals surface area contributed by atoms with Crippen LogP contribution in [0.3, 0.4) is 0 Å². The molecule has 3 aromatic rings. The van der Waals surface area contributed by atoms with Gasteiger partial charge in [0, 0.05) is 24.4 Å². The number of nitro benzene ring substituents is 1. The summed E-state index contributed by atoms with van der Waals surface area (Å²) in [4.78, 5) is 16.0. The molecule has 0 amide bonds. The molecule has 0 radical (unpaired) electrons. The number of anilines is 1. The number of non-ortho nitro benzene ring substituents is 1. The van der Waals surface area contributed by atoms with Crippen LogP contribution in [0.5, 0.6) is 0 Å². The van der Waals surface area contributed by atoms with Crippen molar-refractivity contribution in [3.05, 3.63) is 71.3 Å². The van der Waals surface area contributed by atoms with Crippen LogP contribution in [0.1, 0.15) is 5.82 Å². The second-order valence-electron chi connectivity index (χ2n) is 6.35. The van der Waals surface area contributed by atoms with Crippen LogP contribution in [0.25, 0.3) is 0 Å². The molecule has 1 N–H and O–H groups in total. The van der Waals surface area contributed by atoms with Crippen molar-refractivity contribution in [1.29, 1.82) is 0 Å². The van der Waals surface area contributed by atoms with Crippen molar-refractivity contribution < 1.29 is 14.1 Å². The van der Waals surface area contributed by atoms with E-state index in [0.717, 1.165) is 37.6 Å². The summed E-state index contributed by atoms with van der Waals surface area (Å²) in [6.45, 7) is 2.48. The Kier molecular flexibility index (Phi) is 5.31. The predicted molar refractivity (Wildman–Crippen MR) is 96.6 cm³/mol. The zero-order chi connectivity index (χ0) is 18.5. The minimum Gasteiger partial charge on any atom is -0.367 e. The molecule has 0 saturated carbocycles. The van der Waals surface area contributed by atoms with Crippen molar-refractivity contribution in [2.24, 2.45) is 14.1 Å². The van der Waals surface area contributed by atoms with Crippen LogP contribution >= 0.6 is 0 Å². The first-order valence-electron chi connectivity index (χ1n) is 8.55. The van der Waals surface area contributed by atoms with Crippen LogP contribution in [0.2, 0.25) is 0 Å². The van der Waals surface area contributed by atoms with Gasteiger partial charge in [-0.2, -0.15) is 0 Å². The van der Waals surface area contributed by atoms with Gasteiger partial charge in [-0.05, 0) is 12.1 Å². The molecule has 0 unspecified atom stereocenters. The lowest BCUT2D eigenvalue weighted by molar-refractivity contribution is -0.677. The van der Waals surface area contributed by atoms with Gasteiger partial charge in [-0.3, -0.25) is 10.1 Å². The van der Waals surface area contributed by atoms with Gasteiger partial charge in [0.15, 0.2) is 0 Å². The van der Waals surface area contributed by atoms with E-state index in [-0.39, 0.29) is 10.6 Å².